The van der Waals surface area contributed by atoms with Crippen LogP contribution in [0.3, 0.4) is 0 Å². The Morgan fingerprint density at radius 2 is 0.525 bits per heavy atom. The van der Waals surface area contributed by atoms with Gasteiger partial charge in [-0.2, -0.15) is 152 Å². The molecule has 0 aliphatic carbocycles. The Balaban J connectivity index is 0.000000624. The Labute approximate surface area is 690 Å². The van der Waals surface area contributed by atoms with Crippen molar-refractivity contribution in [3.8, 4) is 0 Å². The first-order chi connectivity index (χ1) is 46.1. The van der Waals surface area contributed by atoms with Crippen LogP contribution in [0.15, 0.2) is 121 Å². The molecular weight excluding hydrogens is 2130 g/mol. The fourth-order valence-corrected chi connectivity index (χ4v) is 13.7. The Morgan fingerprint density at radius 3 is 0.772 bits per heavy atom. The van der Waals surface area contributed by atoms with E-state index in [0.717, 1.165) is 54.6 Å². The smallest absolute Gasteiger partial charge is 0.298 e. The molecule has 5 aliphatic rings. The van der Waals surface area contributed by atoms with Crippen LogP contribution in [-0.2, 0) is 101 Å². The van der Waals surface area contributed by atoms with E-state index in [-0.39, 0.29) is 101 Å². The first-order valence-electron chi connectivity index (χ1n) is 36.5. The van der Waals surface area contributed by atoms with E-state index in [1.54, 1.807) is 0 Å². The number of hydrogen-bond donors (Lipinski definition) is 0. The summed E-state index contributed by atoms with van der Waals surface area (Å²) in [6, 6.07) is 58.0. The minimum atomic E-state index is 0. The normalized spacial score (nSPS) is 17.3. The molecule has 0 atom stereocenters. The average Bonchev–Trinajstić information content (AvgIpc) is 0.818. The number of nitrogens with zero attached hydrogens (tertiary/aromatic N) is 15. The molecule has 5 radical (unpaired) electrons. The van der Waals surface area contributed by atoms with Crippen molar-refractivity contribution in [2.24, 2.45) is 0 Å². The Morgan fingerprint density at radius 1 is 0.287 bits per heavy atom. The van der Waals surface area contributed by atoms with Crippen LogP contribution in [-0.4, -0.2) is 185 Å². The zero-order chi connectivity index (χ0) is 70.0. The number of rotatable bonds is 20. The second kappa shape index (κ2) is 51.1. The molecule has 15 nitrogen and oxygen atoms in total. The fourth-order valence-electron chi connectivity index (χ4n) is 13.7. The van der Waals surface area contributed by atoms with Gasteiger partial charge >= 0.3 is 0 Å². The molecule has 30 heteroatoms. The van der Waals surface area contributed by atoms with Gasteiger partial charge in [-0.05, 0) is 93.1 Å². The quantitative estimate of drug-likeness (QED) is 0.0422. The van der Waals surface area contributed by atoms with Crippen molar-refractivity contribution >= 4 is 98.3 Å². The molecule has 5 heterocycles. The summed E-state index contributed by atoms with van der Waals surface area (Å²) in [7, 11) is 10.7. The van der Waals surface area contributed by atoms with Gasteiger partial charge in [-0.15, -0.1) is 28.4 Å². The molecule has 0 unspecified atom stereocenters. The standard InChI is InChI=1S/C16H27B2N3.C15H25B2N3.C14H23B2N3.2C13H21B2N3.5Ir/c1-5-6-7-11-14-21-17(2)19(4)15-20(18(21)3)16-12-9-8-10-13-16;1-5-6-10-13-20-16(2)18(4)14-19(17(20)3)15-11-8-7-9-12-15;1-5-6-12-19-15(2)17(4)13-18(16(19)3)14-10-8-7-9-11-14;1-12(2)18-14(3)16(5)11-17(15(18)4)13-9-7-6-8-10-13;1-5-11-18-14(2)16(4)12-17(15(18)3)13-9-7-6-8-10-13;;;;;/h8-10,12,15H,5-7,11,14H2,1-4H3;7-9,11,14H,5-6,10,13H2,1-4H3;7-10,13H,5-6,12H2,1-4H3;6-9,11-12H,1-5H3;6-9,12H,5,11H2,1-4H3;;;;;/q5*-2;;;;;. The first-order valence-corrected chi connectivity index (χ1v) is 36.5. The molecule has 0 spiro atoms. The Hall–Kier alpha value is -1.40. The van der Waals surface area contributed by atoms with Crippen LogP contribution in [0.1, 0.15) is 106 Å². The van der Waals surface area contributed by atoms with Crippen LogP contribution in [0.2, 0.25) is 68.2 Å². The van der Waals surface area contributed by atoms with Crippen LogP contribution < -0.4 is 24.1 Å². The second-order valence-electron chi connectivity index (χ2n) is 27.1. The van der Waals surface area contributed by atoms with Crippen LogP contribution in [0, 0.1) is 63.7 Å². The summed E-state index contributed by atoms with van der Waals surface area (Å²) < 4.78 is 12.7. The molecule has 0 amide bonds. The third kappa shape index (κ3) is 28.2. The van der Waals surface area contributed by atoms with E-state index in [4.69, 9.17) is 0 Å². The summed E-state index contributed by atoms with van der Waals surface area (Å²) >= 11 is 0. The van der Waals surface area contributed by atoms with E-state index in [1.807, 2.05) is 60.7 Å². The summed E-state index contributed by atoms with van der Waals surface area (Å²) in [4.78, 5) is 22.9. The summed E-state index contributed by atoms with van der Waals surface area (Å²) in [6.07, 6.45) is 12.8. The molecule has 5 aliphatic heterocycles. The first kappa shape index (κ1) is 97.6. The van der Waals surface area contributed by atoms with Crippen LogP contribution in [0.25, 0.3) is 0 Å². The van der Waals surface area contributed by atoms with Gasteiger partial charge in [-0.25, -0.2) is 33.3 Å². The molecule has 561 valence electrons. The van der Waals surface area contributed by atoms with Crippen molar-refractivity contribution in [1.29, 1.82) is 0 Å². The number of benzene rings is 5. The van der Waals surface area contributed by atoms with Gasteiger partial charge in [0, 0.05) is 101 Å². The Bertz CT molecular complexity index is 2880. The molecule has 5 fully saturated rings. The van der Waals surface area contributed by atoms with E-state index in [1.165, 1.54) is 64.2 Å². The van der Waals surface area contributed by atoms with Gasteiger partial charge in [0.05, 0.1) is 0 Å². The number of para-hydroxylation sites is 5. The number of anilines is 5. The van der Waals surface area contributed by atoms with E-state index in [9.17, 15) is 0 Å². The molecule has 5 aromatic rings. The van der Waals surface area contributed by atoms with Gasteiger partial charge in [0.25, 0.3) is 69.8 Å². The maximum Gasteiger partial charge on any atom is 0.298 e. The topological polar surface area (TPSA) is 48.6 Å². The SMILES string of the molecule is CB1N(C)[CH-]N(c2[c-]cccc2)B(C)N1C(C)C.CCCCCCN1B(C)N(C)[CH-]N(c2[c-]cccc2)B1C.CCCCCN1B(C)N(C)[CH-]N(c2[c-]cccc2)B1C.CCCCN1B(C)N(C)[CH-]N(c2[c-]cccc2)B1C.CCCN1B(C)N(C)[CH-]N(c2[c-]cccc2)B1C.[Ir].[Ir].[Ir].[Ir].[Ir]. The van der Waals surface area contributed by atoms with E-state index in [0.29, 0.717) is 75.9 Å². The summed E-state index contributed by atoms with van der Waals surface area (Å²) in [5, 5.41) is 0. The number of hydrogen-bond acceptors (Lipinski definition) is 15. The minimum Gasteiger partial charge on any atom is -0.562 e. The van der Waals surface area contributed by atoms with Gasteiger partial charge in [0.15, 0.2) is 0 Å². The summed E-state index contributed by atoms with van der Waals surface area (Å²) in [6.45, 7) is 55.8. The molecule has 10 rings (SSSR count). The van der Waals surface area contributed by atoms with Crippen LogP contribution >= 0.6 is 0 Å². The molecule has 5 saturated heterocycles. The second-order valence-corrected chi connectivity index (χ2v) is 27.1. The van der Waals surface area contributed by atoms with Gasteiger partial charge < -0.3 is 71.7 Å². The van der Waals surface area contributed by atoms with E-state index in [2.05, 4.69) is 341 Å². The van der Waals surface area contributed by atoms with E-state index >= 15 is 0 Å². The van der Waals surface area contributed by atoms with Crippen molar-refractivity contribution in [3.05, 3.63) is 185 Å². The van der Waals surface area contributed by atoms with Crippen molar-refractivity contribution in [3.63, 3.8) is 0 Å². The predicted octanol–water partition coefficient (Wildman–Crippen LogP) is 13.9. The molecule has 0 N–H and O–H groups in total. The molecule has 0 bridgehead atoms. The number of unbranched alkanes of at least 4 members (excludes halogenated alkanes) is 6. The maximum atomic E-state index is 3.34. The minimum absolute atomic E-state index is 0. The third-order valence-corrected chi connectivity index (χ3v) is 20.2. The molecule has 0 aromatic heterocycles. The zero-order valence-corrected chi connectivity index (χ0v) is 77.0. The van der Waals surface area contributed by atoms with Gasteiger partial charge in [0.2, 0.25) is 0 Å². The largest absolute Gasteiger partial charge is 0.562 e. The van der Waals surface area contributed by atoms with Gasteiger partial charge in [0.1, 0.15) is 0 Å². The Kier molecular flexibility index (Phi) is 49.4. The third-order valence-electron chi connectivity index (χ3n) is 20.2. The monoisotopic (exact) mass is 2250 g/mol. The van der Waals surface area contributed by atoms with Crippen LogP contribution in [0.5, 0.6) is 0 Å². The average molecular weight is 2250 g/mol. The van der Waals surface area contributed by atoms with E-state index < -0.39 is 0 Å². The zero-order valence-electron chi connectivity index (χ0n) is 65.1. The van der Waals surface area contributed by atoms with Crippen molar-refractivity contribution < 1.29 is 101 Å². The summed E-state index contributed by atoms with van der Waals surface area (Å²) in [5.41, 5.74) is 5.66. The molecular formula is C71H117B10Ir5N15-10. The van der Waals surface area contributed by atoms with Gasteiger partial charge in [-0.1, -0.05) is 148 Å². The predicted molar refractivity (Wildman–Crippen MR) is 428 cm³/mol. The van der Waals surface area contributed by atoms with Crippen molar-refractivity contribution in [2.45, 2.75) is 180 Å². The van der Waals surface area contributed by atoms with Gasteiger partial charge in [-0.3, -0.25) is 0 Å². The molecule has 0 saturated carbocycles. The summed E-state index contributed by atoms with van der Waals surface area (Å²) in [5.74, 6) is 0. The van der Waals surface area contributed by atoms with Crippen molar-refractivity contribution in [2.75, 3.05) is 85.5 Å². The fraction of sp³-hybridized carbons (Fsp3) is 0.507. The molecule has 101 heavy (non-hydrogen) atoms. The van der Waals surface area contributed by atoms with Crippen molar-refractivity contribution in [1.82, 2.24) is 47.7 Å². The maximum absolute atomic E-state index is 3.34. The van der Waals surface area contributed by atoms with Crippen LogP contribution in [0.4, 0.5) is 28.4 Å². The molecule has 5 aromatic carbocycles.